The molecule has 2 rings (SSSR count). The normalized spacial score (nSPS) is 13.4. The Bertz CT molecular complexity index is 558. The quantitative estimate of drug-likeness (QED) is 0.933. The van der Waals surface area contributed by atoms with Crippen LogP contribution in [0.15, 0.2) is 36.7 Å². The van der Waals surface area contributed by atoms with Crippen molar-refractivity contribution in [3.05, 3.63) is 53.3 Å². The van der Waals surface area contributed by atoms with Gasteiger partial charge in [-0.15, -0.1) is 0 Å². The second kappa shape index (κ2) is 5.66. The fraction of sp³-hybridized carbons (Fsp3) is 0.357. The topological polar surface area (TPSA) is 29.9 Å². The zero-order valence-electron chi connectivity index (χ0n) is 11.3. The van der Waals surface area contributed by atoms with E-state index < -0.39 is 11.7 Å². The molecule has 1 atom stereocenters. The van der Waals surface area contributed by atoms with Crippen molar-refractivity contribution in [2.24, 2.45) is 7.05 Å². The summed E-state index contributed by atoms with van der Waals surface area (Å²) in [6.07, 6.45) is -0.635. The fourth-order valence-corrected chi connectivity index (χ4v) is 1.91. The smallest absolute Gasteiger partial charge is 0.306 e. The molecule has 0 radical (unpaired) electrons. The molecule has 108 valence electrons. The first-order chi connectivity index (χ1) is 9.36. The van der Waals surface area contributed by atoms with Crippen molar-refractivity contribution in [2.75, 3.05) is 0 Å². The van der Waals surface area contributed by atoms with Gasteiger partial charge in [-0.3, -0.25) is 4.68 Å². The third-order valence-electron chi connectivity index (χ3n) is 3.11. The summed E-state index contributed by atoms with van der Waals surface area (Å²) in [6.45, 7) is 2.54. The monoisotopic (exact) mass is 283 g/mol. The fourth-order valence-electron chi connectivity index (χ4n) is 1.91. The van der Waals surface area contributed by atoms with Crippen LogP contribution in [0.5, 0.6) is 0 Å². The van der Waals surface area contributed by atoms with Crippen molar-refractivity contribution in [1.82, 2.24) is 15.1 Å². The lowest BCUT2D eigenvalue weighted by molar-refractivity contribution is -0.137. The summed E-state index contributed by atoms with van der Waals surface area (Å²) in [6, 6.07) is 5.19. The number of nitrogens with zero attached hydrogens (tertiary/aromatic N) is 2. The first kappa shape index (κ1) is 14.6. The van der Waals surface area contributed by atoms with Gasteiger partial charge in [-0.1, -0.05) is 12.1 Å². The highest BCUT2D eigenvalue weighted by Gasteiger charge is 2.30. The Balaban J connectivity index is 1.97. The second-order valence-corrected chi connectivity index (χ2v) is 4.74. The Kier molecular flexibility index (Phi) is 4.13. The van der Waals surface area contributed by atoms with Crippen LogP contribution in [-0.2, 0) is 19.8 Å². The van der Waals surface area contributed by atoms with Crippen molar-refractivity contribution >= 4 is 0 Å². The molecule has 1 N–H and O–H groups in total. The zero-order valence-corrected chi connectivity index (χ0v) is 11.3. The van der Waals surface area contributed by atoms with E-state index >= 15 is 0 Å². The summed E-state index contributed by atoms with van der Waals surface area (Å²) < 4.78 is 39.1. The molecule has 0 saturated carbocycles. The molecule has 0 bridgehead atoms. The van der Waals surface area contributed by atoms with Crippen LogP contribution in [0.3, 0.4) is 0 Å². The average molecular weight is 283 g/mol. The highest BCUT2D eigenvalue weighted by molar-refractivity contribution is 5.26. The molecule has 2 aromatic rings. The minimum absolute atomic E-state index is 0.0301. The molecule has 6 heteroatoms. The molecule has 0 fully saturated rings. The Morgan fingerprint density at radius 1 is 1.25 bits per heavy atom. The number of aryl methyl sites for hydroxylation is 1. The molecule has 0 spiro atoms. The van der Waals surface area contributed by atoms with Crippen molar-refractivity contribution in [2.45, 2.75) is 25.7 Å². The highest BCUT2D eigenvalue weighted by atomic mass is 19.4. The molecule has 0 saturated heterocycles. The van der Waals surface area contributed by atoms with Gasteiger partial charge in [0.15, 0.2) is 0 Å². The summed E-state index contributed by atoms with van der Waals surface area (Å²) in [4.78, 5) is 0. The first-order valence-electron chi connectivity index (χ1n) is 6.24. The number of hydrogen-bond acceptors (Lipinski definition) is 2. The number of aromatic nitrogens is 2. The predicted molar refractivity (Wildman–Crippen MR) is 69.9 cm³/mol. The van der Waals surface area contributed by atoms with Gasteiger partial charge in [-0.05, 0) is 24.6 Å². The molecule has 0 aliphatic rings. The Morgan fingerprint density at radius 3 is 2.40 bits per heavy atom. The molecular formula is C14H16F3N3. The van der Waals surface area contributed by atoms with E-state index in [2.05, 4.69) is 10.4 Å². The maximum atomic E-state index is 12.5. The Hall–Kier alpha value is -1.82. The lowest BCUT2D eigenvalue weighted by atomic mass is 10.1. The number of alkyl halides is 3. The Labute approximate surface area is 115 Å². The molecule has 0 amide bonds. The largest absolute Gasteiger partial charge is 0.416 e. The SMILES string of the molecule is CC(NCc1cnn(C)c1)c1ccc(C(F)(F)F)cc1. The van der Waals surface area contributed by atoms with Crippen LogP contribution in [0.25, 0.3) is 0 Å². The second-order valence-electron chi connectivity index (χ2n) is 4.74. The van der Waals surface area contributed by atoms with E-state index in [1.54, 1.807) is 10.9 Å². The maximum absolute atomic E-state index is 12.5. The number of hydrogen-bond donors (Lipinski definition) is 1. The minimum Gasteiger partial charge on any atom is -0.306 e. The molecule has 3 nitrogen and oxygen atoms in total. The zero-order chi connectivity index (χ0) is 14.8. The van der Waals surface area contributed by atoms with Crippen molar-refractivity contribution in [3.8, 4) is 0 Å². The van der Waals surface area contributed by atoms with Crippen LogP contribution in [-0.4, -0.2) is 9.78 Å². The van der Waals surface area contributed by atoms with Crippen LogP contribution in [0.4, 0.5) is 13.2 Å². The van der Waals surface area contributed by atoms with Gasteiger partial charge in [-0.2, -0.15) is 18.3 Å². The van der Waals surface area contributed by atoms with Gasteiger partial charge in [0.25, 0.3) is 0 Å². The molecule has 0 aliphatic carbocycles. The highest BCUT2D eigenvalue weighted by Crippen LogP contribution is 2.29. The summed E-state index contributed by atoms with van der Waals surface area (Å²) in [5.41, 5.74) is 1.23. The maximum Gasteiger partial charge on any atom is 0.416 e. The molecule has 1 unspecified atom stereocenters. The lowest BCUT2D eigenvalue weighted by Crippen LogP contribution is -2.18. The van der Waals surface area contributed by atoms with E-state index in [9.17, 15) is 13.2 Å². The number of benzene rings is 1. The summed E-state index contributed by atoms with van der Waals surface area (Å²) in [5, 5.41) is 7.31. The van der Waals surface area contributed by atoms with Crippen molar-refractivity contribution in [1.29, 1.82) is 0 Å². The third-order valence-corrected chi connectivity index (χ3v) is 3.11. The van der Waals surface area contributed by atoms with Crippen LogP contribution in [0, 0.1) is 0 Å². The van der Waals surface area contributed by atoms with E-state index in [0.29, 0.717) is 6.54 Å². The third kappa shape index (κ3) is 3.60. The van der Waals surface area contributed by atoms with E-state index in [1.807, 2.05) is 20.2 Å². The molecule has 1 aromatic heterocycles. The van der Waals surface area contributed by atoms with Gasteiger partial charge in [-0.25, -0.2) is 0 Å². The van der Waals surface area contributed by atoms with E-state index in [4.69, 9.17) is 0 Å². The van der Waals surface area contributed by atoms with Crippen LogP contribution in [0.2, 0.25) is 0 Å². The van der Waals surface area contributed by atoms with Crippen molar-refractivity contribution < 1.29 is 13.2 Å². The van der Waals surface area contributed by atoms with Gasteiger partial charge in [0.2, 0.25) is 0 Å². The Morgan fingerprint density at radius 2 is 1.90 bits per heavy atom. The summed E-state index contributed by atoms with van der Waals surface area (Å²) >= 11 is 0. The predicted octanol–water partition coefficient (Wildman–Crippen LogP) is 3.29. The standard InChI is InChI=1S/C14H16F3N3/c1-10(18-7-11-8-19-20(2)9-11)12-3-5-13(6-4-12)14(15,16)17/h3-6,8-10,18H,7H2,1-2H3. The van der Waals surface area contributed by atoms with Gasteiger partial charge < -0.3 is 5.32 Å². The van der Waals surface area contributed by atoms with E-state index in [0.717, 1.165) is 23.3 Å². The minimum atomic E-state index is -4.29. The number of halogens is 3. The van der Waals surface area contributed by atoms with E-state index in [-0.39, 0.29) is 6.04 Å². The lowest BCUT2D eigenvalue weighted by Gasteiger charge is -2.14. The first-order valence-corrected chi connectivity index (χ1v) is 6.24. The van der Waals surface area contributed by atoms with E-state index in [1.165, 1.54) is 12.1 Å². The number of nitrogens with one attached hydrogen (secondary N) is 1. The van der Waals surface area contributed by atoms with Crippen LogP contribution in [0.1, 0.15) is 29.7 Å². The van der Waals surface area contributed by atoms with Crippen molar-refractivity contribution in [3.63, 3.8) is 0 Å². The molecular weight excluding hydrogens is 267 g/mol. The molecule has 20 heavy (non-hydrogen) atoms. The van der Waals surface area contributed by atoms with Gasteiger partial charge >= 0.3 is 6.18 Å². The van der Waals surface area contributed by atoms with Gasteiger partial charge in [0.05, 0.1) is 11.8 Å². The molecule has 1 aromatic carbocycles. The molecule has 1 heterocycles. The number of rotatable bonds is 4. The summed E-state index contributed by atoms with van der Waals surface area (Å²) in [5.74, 6) is 0. The summed E-state index contributed by atoms with van der Waals surface area (Å²) in [7, 11) is 1.84. The molecule has 0 aliphatic heterocycles. The van der Waals surface area contributed by atoms with Crippen LogP contribution < -0.4 is 5.32 Å². The average Bonchev–Trinajstić information content (AvgIpc) is 2.81. The van der Waals surface area contributed by atoms with Gasteiger partial charge in [0.1, 0.15) is 0 Å². The van der Waals surface area contributed by atoms with Gasteiger partial charge in [0, 0.05) is 31.4 Å². The van der Waals surface area contributed by atoms with Crippen LogP contribution >= 0.6 is 0 Å².